The zero-order valence-corrected chi connectivity index (χ0v) is 24.8. The molecule has 41 heavy (non-hydrogen) atoms. The summed E-state index contributed by atoms with van der Waals surface area (Å²) < 4.78 is 56.0. The number of carbonyl (C=O) groups excluding carboxylic acids is 1. The van der Waals surface area contributed by atoms with E-state index in [0.717, 1.165) is 63.4 Å². The Hall–Kier alpha value is -2.65. The highest BCUT2D eigenvalue weighted by molar-refractivity contribution is 7.92. The summed E-state index contributed by atoms with van der Waals surface area (Å²) in [5, 5.41) is 2.84. The topological polar surface area (TPSA) is 90.9 Å². The van der Waals surface area contributed by atoms with Crippen LogP contribution in [0.15, 0.2) is 53.4 Å². The van der Waals surface area contributed by atoms with Gasteiger partial charge in [-0.3, -0.25) is 0 Å². The monoisotopic (exact) mass is 587 g/mol. The van der Waals surface area contributed by atoms with E-state index in [9.17, 15) is 17.6 Å². The second-order valence-corrected chi connectivity index (χ2v) is 14.2. The number of halogens is 1. The second-order valence-electron chi connectivity index (χ2n) is 12.0. The molecule has 224 valence electrons. The van der Waals surface area contributed by atoms with Crippen LogP contribution >= 0.6 is 0 Å². The maximum absolute atomic E-state index is 14.4. The van der Waals surface area contributed by atoms with E-state index >= 15 is 0 Å². The largest absolute Gasteiger partial charge is 0.491 e. The summed E-state index contributed by atoms with van der Waals surface area (Å²) in [6, 6.07) is 13.6. The highest BCUT2D eigenvalue weighted by Gasteiger charge is 2.49. The van der Waals surface area contributed by atoms with E-state index in [0.29, 0.717) is 29.8 Å². The molecular weight excluding hydrogens is 545 g/mol. The molecule has 3 fully saturated rings. The van der Waals surface area contributed by atoms with Gasteiger partial charge in [-0.15, -0.1) is 0 Å². The van der Waals surface area contributed by atoms with Gasteiger partial charge in [-0.1, -0.05) is 25.5 Å². The molecule has 0 bridgehead atoms. The lowest BCUT2D eigenvalue weighted by atomic mass is 9.58. The summed E-state index contributed by atoms with van der Waals surface area (Å²) in [4.78, 5) is 12.5. The molecular formula is C32H42FNO6S. The molecule has 0 saturated heterocycles. The lowest BCUT2D eigenvalue weighted by molar-refractivity contribution is -0.00978. The first-order valence-corrected chi connectivity index (χ1v) is 16.5. The van der Waals surface area contributed by atoms with Crippen LogP contribution in [0.25, 0.3) is 0 Å². The highest BCUT2D eigenvalue weighted by atomic mass is 32.2. The van der Waals surface area contributed by atoms with Gasteiger partial charge in [0.15, 0.2) is 9.84 Å². The minimum Gasteiger partial charge on any atom is -0.491 e. The van der Waals surface area contributed by atoms with Gasteiger partial charge in [-0.25, -0.2) is 17.6 Å². The van der Waals surface area contributed by atoms with E-state index in [1.165, 1.54) is 13.2 Å². The summed E-state index contributed by atoms with van der Waals surface area (Å²) >= 11 is 0. The van der Waals surface area contributed by atoms with E-state index in [1.807, 2.05) is 6.07 Å². The molecule has 0 aliphatic heterocycles. The Morgan fingerprint density at radius 1 is 0.976 bits per heavy atom. The number of rotatable bonds is 11. The quantitative estimate of drug-likeness (QED) is 0.315. The van der Waals surface area contributed by atoms with Crippen molar-refractivity contribution in [1.29, 1.82) is 0 Å². The third-order valence-electron chi connectivity index (χ3n) is 9.56. The van der Waals surface area contributed by atoms with Gasteiger partial charge >= 0.3 is 6.09 Å². The van der Waals surface area contributed by atoms with Gasteiger partial charge in [0.1, 0.15) is 18.2 Å². The average molecular weight is 588 g/mol. The molecule has 0 spiro atoms. The Kier molecular flexibility index (Phi) is 9.24. The van der Waals surface area contributed by atoms with Crippen molar-refractivity contribution in [3.05, 3.63) is 59.9 Å². The third-order valence-corrected chi connectivity index (χ3v) is 11.8. The van der Waals surface area contributed by atoms with Crippen molar-refractivity contribution in [3.8, 4) is 5.75 Å². The van der Waals surface area contributed by atoms with Gasteiger partial charge in [-0.05, 0) is 105 Å². The first-order chi connectivity index (χ1) is 19.7. The normalized spacial score (nSPS) is 26.2. The molecule has 5 rings (SSSR count). The van der Waals surface area contributed by atoms with Crippen LogP contribution in [0.4, 0.5) is 9.18 Å². The lowest BCUT2D eigenvalue weighted by Crippen LogP contribution is -2.50. The molecule has 7 nitrogen and oxygen atoms in total. The zero-order valence-electron chi connectivity index (χ0n) is 24.0. The van der Waals surface area contributed by atoms with E-state index in [4.69, 9.17) is 14.2 Å². The van der Waals surface area contributed by atoms with Gasteiger partial charge in [-0.2, -0.15) is 0 Å². The van der Waals surface area contributed by atoms with Crippen LogP contribution in [0.2, 0.25) is 0 Å². The molecule has 1 unspecified atom stereocenters. The van der Waals surface area contributed by atoms with Crippen LogP contribution in [0.3, 0.4) is 0 Å². The Labute approximate surface area is 243 Å². The molecule has 1 N–H and O–H groups in total. The number of hydrogen-bond donors (Lipinski definition) is 1. The molecule has 3 atom stereocenters. The van der Waals surface area contributed by atoms with Gasteiger partial charge in [0, 0.05) is 11.5 Å². The Morgan fingerprint density at radius 2 is 1.71 bits per heavy atom. The van der Waals surface area contributed by atoms with Crippen molar-refractivity contribution in [2.75, 3.05) is 20.3 Å². The smallest absolute Gasteiger partial charge is 0.407 e. The summed E-state index contributed by atoms with van der Waals surface area (Å²) in [5.41, 5.74) is 0.701. The summed E-state index contributed by atoms with van der Waals surface area (Å²) in [5.74, 6) is 0.908. The minimum absolute atomic E-state index is 0.00952. The number of alkyl carbamates (subject to hydrolysis) is 1. The van der Waals surface area contributed by atoms with Crippen LogP contribution in [-0.2, 0) is 24.7 Å². The molecule has 3 aliphatic rings. The first kappa shape index (κ1) is 29.8. The van der Waals surface area contributed by atoms with E-state index in [1.54, 1.807) is 36.4 Å². The number of sulfone groups is 1. The van der Waals surface area contributed by atoms with Crippen LogP contribution in [-0.4, -0.2) is 52.2 Å². The van der Waals surface area contributed by atoms with Gasteiger partial charge < -0.3 is 19.5 Å². The molecule has 0 radical (unpaired) electrons. The molecule has 2 aromatic carbocycles. The van der Waals surface area contributed by atoms with Crippen molar-refractivity contribution < 1.29 is 31.8 Å². The molecule has 3 aliphatic carbocycles. The van der Waals surface area contributed by atoms with Crippen LogP contribution in [0.5, 0.6) is 5.75 Å². The SMILES string of the molecule is COC(=O)N[C@H]1CCC[C@@H]1C(C)(c1cccc(F)c1)C1CCC(OCCOc2ccc(S(=O)(=O)C3CC3)cc2)CC1. The molecule has 1 amide bonds. The summed E-state index contributed by atoms with van der Waals surface area (Å²) in [6.45, 7) is 3.09. The number of hydrogen-bond acceptors (Lipinski definition) is 6. The van der Waals surface area contributed by atoms with E-state index < -0.39 is 15.9 Å². The Balaban J connectivity index is 1.16. The van der Waals surface area contributed by atoms with Gasteiger partial charge in [0.05, 0.1) is 30.0 Å². The minimum atomic E-state index is -3.20. The van der Waals surface area contributed by atoms with Gasteiger partial charge in [0.25, 0.3) is 0 Å². The van der Waals surface area contributed by atoms with Crippen LogP contribution < -0.4 is 10.1 Å². The van der Waals surface area contributed by atoms with E-state index in [-0.39, 0.29) is 34.5 Å². The third kappa shape index (κ3) is 6.72. The summed E-state index contributed by atoms with van der Waals surface area (Å²) in [7, 11) is -1.81. The second kappa shape index (κ2) is 12.7. The summed E-state index contributed by atoms with van der Waals surface area (Å²) in [6.07, 6.45) is 7.82. The predicted molar refractivity (Wildman–Crippen MR) is 154 cm³/mol. The first-order valence-electron chi connectivity index (χ1n) is 14.9. The standard InChI is InChI=1S/C32H42FNO6S/c1-32(23-5-3-6-24(33)21-23,29-7-4-8-30(29)34-31(35)38-2)22-9-11-25(12-10-22)39-19-20-40-26-13-15-27(16-14-26)41(36,37)28-17-18-28/h3,5-6,13-16,21-22,25,28-30H,4,7-12,17-20H2,1-2H3,(H,34,35)/t22?,25?,29-,30-,32?/m0/s1. The fraction of sp³-hybridized carbons (Fsp3) is 0.594. The number of methoxy groups -OCH3 is 1. The number of benzene rings is 2. The van der Waals surface area contributed by atoms with E-state index in [2.05, 4.69) is 12.2 Å². The fourth-order valence-corrected chi connectivity index (χ4v) is 8.79. The van der Waals surface area contributed by atoms with Crippen LogP contribution in [0, 0.1) is 17.7 Å². The fourth-order valence-electron chi connectivity index (χ4n) is 7.14. The maximum atomic E-state index is 14.4. The van der Waals surface area contributed by atoms with Crippen LogP contribution in [0.1, 0.15) is 70.3 Å². The van der Waals surface area contributed by atoms with Crippen molar-refractivity contribution >= 4 is 15.9 Å². The zero-order chi connectivity index (χ0) is 29.0. The van der Waals surface area contributed by atoms with Crippen molar-refractivity contribution in [2.24, 2.45) is 11.8 Å². The average Bonchev–Trinajstić information content (AvgIpc) is 3.75. The molecule has 0 heterocycles. The number of nitrogens with one attached hydrogen (secondary N) is 1. The molecule has 0 aromatic heterocycles. The van der Waals surface area contributed by atoms with Crippen molar-refractivity contribution in [2.45, 2.75) is 92.4 Å². The van der Waals surface area contributed by atoms with Crippen molar-refractivity contribution in [1.82, 2.24) is 5.32 Å². The molecule has 3 saturated carbocycles. The number of ether oxygens (including phenoxy) is 3. The highest BCUT2D eigenvalue weighted by Crippen LogP contribution is 2.51. The predicted octanol–water partition coefficient (Wildman–Crippen LogP) is 6.20. The maximum Gasteiger partial charge on any atom is 0.407 e. The number of amides is 1. The Morgan fingerprint density at radius 3 is 2.37 bits per heavy atom. The lowest BCUT2D eigenvalue weighted by Gasteiger charge is -2.48. The molecule has 2 aromatic rings. The van der Waals surface area contributed by atoms with Gasteiger partial charge in [0.2, 0.25) is 0 Å². The Bertz CT molecular complexity index is 1290. The van der Waals surface area contributed by atoms with Crippen molar-refractivity contribution in [3.63, 3.8) is 0 Å². The molecule has 9 heteroatoms. The number of carbonyl (C=O) groups is 1.